The Bertz CT molecular complexity index is 615. The molecule has 0 aromatic heterocycles. The van der Waals surface area contributed by atoms with Crippen LogP contribution in [0.4, 0.5) is 5.69 Å². The summed E-state index contributed by atoms with van der Waals surface area (Å²) in [7, 11) is 0. The van der Waals surface area contributed by atoms with E-state index < -0.39 is 0 Å². The van der Waals surface area contributed by atoms with Crippen molar-refractivity contribution in [1.82, 2.24) is 0 Å². The standard InChI is InChI=1S/C13H8Br2N2/c14-9-1-3-11(8(5-9)7-16)12-4-2-10(15)6-13(12)17/h1-6H,17H2. The minimum absolute atomic E-state index is 0.605. The highest BCUT2D eigenvalue weighted by atomic mass is 79.9. The van der Waals surface area contributed by atoms with Gasteiger partial charge in [-0.05, 0) is 24.3 Å². The topological polar surface area (TPSA) is 49.8 Å². The third kappa shape index (κ3) is 2.51. The number of anilines is 1. The summed E-state index contributed by atoms with van der Waals surface area (Å²) in [5, 5.41) is 9.13. The van der Waals surface area contributed by atoms with Gasteiger partial charge in [-0.25, -0.2) is 0 Å². The Labute approximate surface area is 116 Å². The Hall–Kier alpha value is -1.31. The molecular formula is C13H8Br2N2. The molecular weight excluding hydrogens is 344 g/mol. The maximum Gasteiger partial charge on any atom is 0.0998 e. The van der Waals surface area contributed by atoms with Crippen molar-refractivity contribution in [3.05, 3.63) is 50.9 Å². The quantitative estimate of drug-likeness (QED) is 0.777. The molecule has 0 saturated heterocycles. The van der Waals surface area contributed by atoms with Crippen LogP contribution in [0.2, 0.25) is 0 Å². The van der Waals surface area contributed by atoms with Crippen LogP contribution in [0.1, 0.15) is 5.56 Å². The predicted molar refractivity (Wildman–Crippen MR) is 76.4 cm³/mol. The van der Waals surface area contributed by atoms with E-state index in [-0.39, 0.29) is 0 Å². The van der Waals surface area contributed by atoms with Crippen molar-refractivity contribution < 1.29 is 0 Å². The Balaban J connectivity index is 2.65. The van der Waals surface area contributed by atoms with Crippen molar-refractivity contribution >= 4 is 37.5 Å². The first-order valence-electron chi connectivity index (χ1n) is 4.87. The third-order valence-electron chi connectivity index (χ3n) is 2.41. The lowest BCUT2D eigenvalue weighted by molar-refractivity contribution is 1.47. The average molecular weight is 352 g/mol. The Morgan fingerprint density at radius 3 is 2.12 bits per heavy atom. The highest BCUT2D eigenvalue weighted by molar-refractivity contribution is 9.10. The molecule has 0 spiro atoms. The van der Waals surface area contributed by atoms with Crippen LogP contribution in [-0.4, -0.2) is 0 Å². The summed E-state index contributed by atoms with van der Waals surface area (Å²) in [6.07, 6.45) is 0. The maximum atomic E-state index is 9.13. The second-order valence-corrected chi connectivity index (χ2v) is 5.36. The van der Waals surface area contributed by atoms with E-state index in [1.54, 1.807) is 6.07 Å². The molecule has 0 atom stereocenters. The predicted octanol–water partition coefficient (Wildman–Crippen LogP) is 4.33. The first-order chi connectivity index (χ1) is 8.11. The third-order valence-corrected chi connectivity index (χ3v) is 3.39. The van der Waals surface area contributed by atoms with Crippen LogP contribution in [0.5, 0.6) is 0 Å². The van der Waals surface area contributed by atoms with Gasteiger partial charge in [0.15, 0.2) is 0 Å². The SMILES string of the molecule is N#Cc1cc(Br)ccc1-c1ccc(Br)cc1N. The van der Waals surface area contributed by atoms with E-state index in [9.17, 15) is 0 Å². The summed E-state index contributed by atoms with van der Waals surface area (Å²) in [4.78, 5) is 0. The summed E-state index contributed by atoms with van der Waals surface area (Å²) in [6, 6.07) is 13.4. The Morgan fingerprint density at radius 2 is 1.53 bits per heavy atom. The summed E-state index contributed by atoms with van der Waals surface area (Å²) >= 11 is 6.71. The molecule has 0 amide bonds. The van der Waals surface area contributed by atoms with Crippen LogP contribution >= 0.6 is 31.9 Å². The summed E-state index contributed by atoms with van der Waals surface area (Å²) in [5.74, 6) is 0. The first kappa shape index (κ1) is 12.2. The molecule has 0 fully saturated rings. The molecule has 2 aromatic carbocycles. The van der Waals surface area contributed by atoms with Gasteiger partial charge < -0.3 is 5.73 Å². The number of nitrogens with zero attached hydrogens (tertiary/aromatic N) is 1. The van der Waals surface area contributed by atoms with Gasteiger partial charge in [0.05, 0.1) is 11.6 Å². The van der Waals surface area contributed by atoms with Crippen LogP contribution in [0.3, 0.4) is 0 Å². The van der Waals surface area contributed by atoms with Gasteiger partial charge in [-0.15, -0.1) is 0 Å². The van der Waals surface area contributed by atoms with Gasteiger partial charge in [0, 0.05) is 25.8 Å². The molecule has 2 N–H and O–H groups in total. The van der Waals surface area contributed by atoms with Gasteiger partial charge in [-0.3, -0.25) is 0 Å². The summed E-state index contributed by atoms with van der Waals surface area (Å²) in [6.45, 7) is 0. The van der Waals surface area contributed by atoms with Gasteiger partial charge in [0.1, 0.15) is 0 Å². The first-order valence-corrected chi connectivity index (χ1v) is 6.45. The van der Waals surface area contributed by atoms with Crippen molar-refractivity contribution in [2.24, 2.45) is 0 Å². The van der Waals surface area contributed by atoms with E-state index in [0.717, 1.165) is 20.1 Å². The molecule has 0 aliphatic heterocycles. The molecule has 2 aromatic rings. The normalized spacial score (nSPS) is 9.94. The molecule has 0 heterocycles. The van der Waals surface area contributed by atoms with Crippen molar-refractivity contribution in [1.29, 1.82) is 5.26 Å². The second kappa shape index (κ2) is 4.91. The van der Waals surface area contributed by atoms with Gasteiger partial charge in [-0.1, -0.05) is 44.0 Å². The zero-order chi connectivity index (χ0) is 12.4. The van der Waals surface area contributed by atoms with E-state index in [2.05, 4.69) is 37.9 Å². The molecule has 0 aliphatic rings. The van der Waals surface area contributed by atoms with Crippen LogP contribution in [0.25, 0.3) is 11.1 Å². The van der Waals surface area contributed by atoms with Crippen molar-refractivity contribution in [3.63, 3.8) is 0 Å². The Kier molecular flexibility index (Phi) is 3.51. The molecule has 4 heteroatoms. The number of nitrogens with two attached hydrogens (primary N) is 1. The number of halogens is 2. The lowest BCUT2D eigenvalue weighted by atomic mass is 9.99. The van der Waals surface area contributed by atoms with Crippen molar-refractivity contribution in [3.8, 4) is 17.2 Å². The number of nitriles is 1. The lowest BCUT2D eigenvalue weighted by Gasteiger charge is -2.08. The molecule has 17 heavy (non-hydrogen) atoms. The van der Waals surface area contributed by atoms with Gasteiger partial charge in [0.25, 0.3) is 0 Å². The van der Waals surface area contributed by atoms with E-state index in [1.165, 1.54) is 0 Å². The summed E-state index contributed by atoms with van der Waals surface area (Å²) < 4.78 is 1.81. The van der Waals surface area contributed by atoms with Crippen LogP contribution in [-0.2, 0) is 0 Å². The molecule has 0 aliphatic carbocycles. The van der Waals surface area contributed by atoms with Crippen LogP contribution < -0.4 is 5.73 Å². The molecule has 2 nitrogen and oxygen atoms in total. The minimum Gasteiger partial charge on any atom is -0.398 e. The average Bonchev–Trinajstić information content (AvgIpc) is 2.30. The van der Waals surface area contributed by atoms with Crippen LogP contribution in [0.15, 0.2) is 45.3 Å². The molecule has 0 radical (unpaired) electrons. The second-order valence-electron chi connectivity index (χ2n) is 3.53. The fourth-order valence-corrected chi connectivity index (χ4v) is 2.36. The molecule has 2 rings (SSSR count). The Morgan fingerprint density at radius 1 is 0.941 bits per heavy atom. The summed E-state index contributed by atoms with van der Waals surface area (Å²) in [5.41, 5.74) is 8.94. The van der Waals surface area contributed by atoms with E-state index >= 15 is 0 Å². The molecule has 84 valence electrons. The fraction of sp³-hybridized carbons (Fsp3) is 0. The maximum absolute atomic E-state index is 9.13. The largest absolute Gasteiger partial charge is 0.398 e. The smallest absolute Gasteiger partial charge is 0.0998 e. The monoisotopic (exact) mass is 350 g/mol. The van der Waals surface area contributed by atoms with Crippen molar-refractivity contribution in [2.75, 3.05) is 5.73 Å². The highest BCUT2D eigenvalue weighted by Gasteiger charge is 2.08. The van der Waals surface area contributed by atoms with E-state index in [0.29, 0.717) is 11.3 Å². The number of hydrogen-bond acceptors (Lipinski definition) is 2. The zero-order valence-corrected chi connectivity index (χ0v) is 11.9. The number of benzene rings is 2. The zero-order valence-electron chi connectivity index (χ0n) is 8.74. The highest BCUT2D eigenvalue weighted by Crippen LogP contribution is 2.32. The van der Waals surface area contributed by atoms with Crippen molar-refractivity contribution in [2.45, 2.75) is 0 Å². The van der Waals surface area contributed by atoms with E-state index in [4.69, 9.17) is 11.0 Å². The van der Waals surface area contributed by atoms with Gasteiger partial charge >= 0.3 is 0 Å². The number of rotatable bonds is 1. The molecule has 0 unspecified atom stereocenters. The molecule has 0 saturated carbocycles. The lowest BCUT2D eigenvalue weighted by Crippen LogP contribution is -1.92. The van der Waals surface area contributed by atoms with Gasteiger partial charge in [0.2, 0.25) is 0 Å². The van der Waals surface area contributed by atoms with Crippen LogP contribution in [0, 0.1) is 11.3 Å². The molecule has 0 bridgehead atoms. The number of nitrogen functional groups attached to an aromatic ring is 1. The number of hydrogen-bond donors (Lipinski definition) is 1. The van der Waals surface area contributed by atoms with Gasteiger partial charge in [-0.2, -0.15) is 5.26 Å². The van der Waals surface area contributed by atoms with E-state index in [1.807, 2.05) is 30.3 Å². The minimum atomic E-state index is 0.605. The fourth-order valence-electron chi connectivity index (χ4n) is 1.62.